The normalized spacial score (nSPS) is 22.2. The maximum atomic E-state index is 12.6. The lowest BCUT2D eigenvalue weighted by Gasteiger charge is -2.31. The van der Waals surface area contributed by atoms with Crippen LogP contribution in [0.15, 0.2) is 35.4 Å². The van der Waals surface area contributed by atoms with Gasteiger partial charge in [0.2, 0.25) is 5.78 Å². The van der Waals surface area contributed by atoms with E-state index >= 15 is 0 Å². The molecule has 2 aromatic rings. The van der Waals surface area contributed by atoms with Gasteiger partial charge in [0, 0.05) is 24.0 Å². The van der Waals surface area contributed by atoms with E-state index < -0.39 is 0 Å². The lowest BCUT2D eigenvalue weighted by atomic mass is 9.99. The third-order valence-corrected chi connectivity index (χ3v) is 5.67. The summed E-state index contributed by atoms with van der Waals surface area (Å²) in [6.07, 6.45) is 4.19. The summed E-state index contributed by atoms with van der Waals surface area (Å²) in [5, 5.41) is 12.3. The summed E-state index contributed by atoms with van der Waals surface area (Å²) in [6.45, 7) is 4.89. The second-order valence-corrected chi connectivity index (χ2v) is 7.86. The number of thiophene rings is 1. The van der Waals surface area contributed by atoms with E-state index in [9.17, 15) is 9.90 Å². The van der Waals surface area contributed by atoms with Crippen LogP contribution in [0.4, 0.5) is 0 Å². The van der Waals surface area contributed by atoms with Gasteiger partial charge < -0.3 is 9.84 Å². The Balaban J connectivity index is 1.64. The minimum absolute atomic E-state index is 0.114. The number of ketones is 1. The molecule has 1 aromatic carbocycles. The number of carbonyl (C=O) groups excluding carboxylic acids is 1. The molecule has 25 heavy (non-hydrogen) atoms. The second kappa shape index (κ2) is 6.65. The van der Waals surface area contributed by atoms with Crippen molar-refractivity contribution in [3.8, 4) is 11.5 Å². The zero-order chi connectivity index (χ0) is 17.4. The van der Waals surface area contributed by atoms with Gasteiger partial charge in [-0.05, 0) is 48.9 Å². The van der Waals surface area contributed by atoms with Crippen molar-refractivity contribution >= 4 is 23.2 Å². The molecule has 4 rings (SSSR count). The number of carbonyl (C=O) groups is 1. The number of allylic oxidation sites excluding steroid dienone is 1. The van der Waals surface area contributed by atoms with Gasteiger partial charge in [-0.1, -0.05) is 13.0 Å². The van der Waals surface area contributed by atoms with Gasteiger partial charge in [-0.2, -0.15) is 0 Å². The fourth-order valence-corrected chi connectivity index (χ4v) is 4.25. The number of aromatic hydroxyl groups is 1. The first-order chi connectivity index (χ1) is 12.1. The SMILES string of the molecule is C[C@@H]1CCCN(Cc2c(O)ccc3c2O/C(=C\c2cccs2)C3=O)C1. The first kappa shape index (κ1) is 16.4. The Kier molecular flexibility index (Phi) is 4.36. The van der Waals surface area contributed by atoms with Gasteiger partial charge >= 0.3 is 0 Å². The van der Waals surface area contributed by atoms with E-state index in [-0.39, 0.29) is 11.5 Å². The summed E-state index contributed by atoms with van der Waals surface area (Å²) >= 11 is 1.56. The van der Waals surface area contributed by atoms with Gasteiger partial charge in [0.15, 0.2) is 5.76 Å². The average molecular weight is 355 g/mol. The lowest BCUT2D eigenvalue weighted by molar-refractivity contribution is 0.101. The summed E-state index contributed by atoms with van der Waals surface area (Å²) in [5.74, 6) is 1.59. The smallest absolute Gasteiger partial charge is 0.232 e. The number of Topliss-reactive ketones (excluding diaryl/α,β-unsaturated/α-hetero) is 1. The molecule has 0 spiro atoms. The number of rotatable bonds is 3. The Bertz CT molecular complexity index is 826. The Hall–Kier alpha value is -2.11. The third-order valence-electron chi connectivity index (χ3n) is 4.86. The first-order valence-electron chi connectivity index (χ1n) is 8.67. The molecule has 3 heterocycles. The molecule has 1 fully saturated rings. The lowest BCUT2D eigenvalue weighted by Crippen LogP contribution is -2.33. The summed E-state index contributed by atoms with van der Waals surface area (Å²) in [5.41, 5.74) is 1.26. The molecule has 0 radical (unpaired) electrons. The largest absolute Gasteiger partial charge is 0.507 e. The molecule has 4 nitrogen and oxygen atoms in total. The maximum Gasteiger partial charge on any atom is 0.232 e. The number of hydrogen-bond acceptors (Lipinski definition) is 5. The van der Waals surface area contributed by atoms with Gasteiger partial charge in [-0.3, -0.25) is 9.69 Å². The van der Waals surface area contributed by atoms with Crippen molar-refractivity contribution in [1.82, 2.24) is 4.90 Å². The van der Waals surface area contributed by atoms with Crippen molar-refractivity contribution < 1.29 is 14.6 Å². The van der Waals surface area contributed by atoms with Crippen LogP contribution in [0.1, 0.15) is 40.6 Å². The Morgan fingerprint density at radius 3 is 3.04 bits per heavy atom. The molecule has 1 atom stereocenters. The third kappa shape index (κ3) is 3.22. The molecule has 1 N–H and O–H groups in total. The zero-order valence-corrected chi connectivity index (χ0v) is 15.0. The maximum absolute atomic E-state index is 12.6. The van der Waals surface area contributed by atoms with E-state index in [4.69, 9.17) is 4.74 Å². The fourth-order valence-electron chi connectivity index (χ4n) is 3.61. The van der Waals surface area contributed by atoms with Crippen molar-refractivity contribution in [3.63, 3.8) is 0 Å². The monoisotopic (exact) mass is 355 g/mol. The molecular weight excluding hydrogens is 334 g/mol. The predicted octanol–water partition coefficient (Wildman–Crippen LogP) is 4.30. The van der Waals surface area contributed by atoms with Crippen LogP contribution in [0.5, 0.6) is 11.5 Å². The number of benzene rings is 1. The van der Waals surface area contributed by atoms with E-state index in [2.05, 4.69) is 11.8 Å². The van der Waals surface area contributed by atoms with Gasteiger partial charge in [0.1, 0.15) is 11.5 Å². The molecule has 130 valence electrons. The Labute approximate surface area is 151 Å². The van der Waals surface area contributed by atoms with Crippen LogP contribution in [-0.4, -0.2) is 28.9 Å². The topological polar surface area (TPSA) is 49.8 Å². The van der Waals surface area contributed by atoms with Crippen LogP contribution in [0.25, 0.3) is 6.08 Å². The van der Waals surface area contributed by atoms with E-state index in [1.807, 2.05) is 17.5 Å². The quantitative estimate of drug-likeness (QED) is 0.834. The van der Waals surface area contributed by atoms with Gasteiger partial charge in [-0.25, -0.2) is 0 Å². The molecule has 2 aliphatic heterocycles. The van der Waals surface area contributed by atoms with Crippen molar-refractivity contribution in [2.45, 2.75) is 26.3 Å². The highest BCUT2D eigenvalue weighted by Crippen LogP contribution is 2.40. The predicted molar refractivity (Wildman–Crippen MR) is 99.0 cm³/mol. The number of phenols is 1. The minimum atomic E-state index is -0.114. The van der Waals surface area contributed by atoms with Crippen LogP contribution in [0, 0.1) is 5.92 Å². The van der Waals surface area contributed by atoms with Crippen molar-refractivity contribution in [2.24, 2.45) is 5.92 Å². The molecule has 0 aliphatic carbocycles. The van der Waals surface area contributed by atoms with E-state index in [0.29, 0.717) is 29.5 Å². The van der Waals surface area contributed by atoms with Gasteiger partial charge in [-0.15, -0.1) is 11.3 Å². The minimum Gasteiger partial charge on any atom is -0.507 e. The molecule has 2 aliphatic rings. The van der Waals surface area contributed by atoms with Crippen LogP contribution in [0.2, 0.25) is 0 Å². The molecule has 0 unspecified atom stereocenters. The molecule has 1 saturated heterocycles. The Morgan fingerprint density at radius 1 is 1.40 bits per heavy atom. The summed E-state index contributed by atoms with van der Waals surface area (Å²) in [6, 6.07) is 7.16. The number of phenolic OH excluding ortho intramolecular Hbond substituents is 1. The second-order valence-electron chi connectivity index (χ2n) is 6.88. The molecule has 5 heteroatoms. The summed E-state index contributed by atoms with van der Waals surface area (Å²) in [4.78, 5) is 16.0. The fraction of sp³-hybridized carbons (Fsp3) is 0.350. The molecule has 1 aromatic heterocycles. The summed E-state index contributed by atoms with van der Waals surface area (Å²) < 4.78 is 5.90. The van der Waals surface area contributed by atoms with Crippen LogP contribution < -0.4 is 4.74 Å². The van der Waals surface area contributed by atoms with Gasteiger partial charge in [0.25, 0.3) is 0 Å². The van der Waals surface area contributed by atoms with E-state index in [1.165, 1.54) is 12.8 Å². The number of likely N-dealkylation sites (tertiary alicyclic amines) is 1. The standard InChI is InChI=1S/C20H21NO3S/c1-13-4-2-8-21(11-13)12-16-17(22)7-6-15-19(23)18(24-20(15)16)10-14-5-3-9-25-14/h3,5-7,9-10,13,22H,2,4,8,11-12H2,1H3/b18-10-/t13-/m1/s1. The number of nitrogens with zero attached hydrogens (tertiary/aromatic N) is 1. The van der Waals surface area contributed by atoms with Crippen LogP contribution in [0.3, 0.4) is 0 Å². The molecule has 0 saturated carbocycles. The highest BCUT2D eigenvalue weighted by Gasteiger charge is 2.32. The molecule has 0 bridgehead atoms. The van der Waals surface area contributed by atoms with Crippen LogP contribution >= 0.6 is 11.3 Å². The highest BCUT2D eigenvalue weighted by atomic mass is 32.1. The van der Waals surface area contributed by atoms with Crippen molar-refractivity contribution in [1.29, 1.82) is 0 Å². The molecular formula is C20H21NO3S. The van der Waals surface area contributed by atoms with E-state index in [0.717, 1.165) is 23.5 Å². The first-order valence-corrected chi connectivity index (χ1v) is 9.54. The van der Waals surface area contributed by atoms with Crippen LogP contribution in [-0.2, 0) is 6.54 Å². The summed E-state index contributed by atoms with van der Waals surface area (Å²) in [7, 11) is 0. The average Bonchev–Trinajstić information content (AvgIpc) is 3.20. The number of piperidine rings is 1. The molecule has 0 amide bonds. The number of fused-ring (bicyclic) bond motifs is 1. The van der Waals surface area contributed by atoms with Gasteiger partial charge in [0.05, 0.1) is 11.1 Å². The van der Waals surface area contributed by atoms with E-state index in [1.54, 1.807) is 29.5 Å². The highest BCUT2D eigenvalue weighted by molar-refractivity contribution is 7.10. The number of hydrogen-bond donors (Lipinski definition) is 1. The van der Waals surface area contributed by atoms with Crippen molar-refractivity contribution in [3.05, 3.63) is 51.4 Å². The number of ether oxygens (including phenoxy) is 1. The van der Waals surface area contributed by atoms with Crippen molar-refractivity contribution in [2.75, 3.05) is 13.1 Å². The Morgan fingerprint density at radius 2 is 2.28 bits per heavy atom. The zero-order valence-electron chi connectivity index (χ0n) is 14.2.